The molecule has 4 aliphatic rings. The van der Waals surface area contributed by atoms with Gasteiger partial charge < -0.3 is 29.6 Å². The van der Waals surface area contributed by atoms with Crippen LogP contribution in [0.25, 0.3) is 11.3 Å². The van der Waals surface area contributed by atoms with Crippen molar-refractivity contribution in [2.75, 3.05) is 39.4 Å². The van der Waals surface area contributed by atoms with Gasteiger partial charge in [-0.25, -0.2) is 22.9 Å². The zero-order chi connectivity index (χ0) is 38.5. The molecule has 2 N–H and O–H groups in total. The molecule has 7 rings (SSSR count). The number of nitrogens with zero attached hydrogens (tertiary/aromatic N) is 4. The third kappa shape index (κ3) is 8.62. The van der Waals surface area contributed by atoms with Gasteiger partial charge in [-0.1, -0.05) is 43.2 Å². The fourth-order valence-electron chi connectivity index (χ4n) is 8.12. The van der Waals surface area contributed by atoms with Crippen LogP contribution in [0.1, 0.15) is 56.0 Å². The number of fused-ring (bicyclic) bond motifs is 1. The number of hydrogen-bond donors (Lipinski definition) is 2. The van der Waals surface area contributed by atoms with Crippen molar-refractivity contribution in [1.29, 1.82) is 0 Å². The number of aromatic nitrogens is 2. The summed E-state index contributed by atoms with van der Waals surface area (Å²) in [5.41, 5.74) is 1.08. The number of carbonyl (C=O) groups is 4. The number of imide groups is 1. The van der Waals surface area contributed by atoms with E-state index in [4.69, 9.17) is 14.5 Å². The highest BCUT2D eigenvalue weighted by molar-refractivity contribution is 6.12. The second-order valence-electron chi connectivity index (χ2n) is 14.5. The van der Waals surface area contributed by atoms with Crippen LogP contribution in [0, 0.1) is 23.5 Å². The lowest BCUT2D eigenvalue weighted by molar-refractivity contribution is -0.155. The molecule has 5 atom stereocenters. The summed E-state index contributed by atoms with van der Waals surface area (Å²) < 4.78 is 58.6. The zero-order valence-electron chi connectivity index (χ0n) is 30.4. The molecule has 3 saturated heterocycles. The summed E-state index contributed by atoms with van der Waals surface area (Å²) in [4.78, 5) is 59.0. The Morgan fingerprint density at radius 3 is 2.51 bits per heavy atom. The molecule has 0 radical (unpaired) electrons. The van der Waals surface area contributed by atoms with Gasteiger partial charge in [-0.15, -0.1) is 0 Å². The third-order valence-electron chi connectivity index (χ3n) is 11.0. The van der Waals surface area contributed by atoms with Crippen molar-refractivity contribution in [3.05, 3.63) is 89.9 Å². The summed E-state index contributed by atoms with van der Waals surface area (Å²) in [5.74, 6) is -2.84. The molecule has 4 aliphatic heterocycles. The molecule has 3 aromatic rings. The van der Waals surface area contributed by atoms with E-state index in [2.05, 4.69) is 10.6 Å². The van der Waals surface area contributed by atoms with Crippen LogP contribution in [0.2, 0.25) is 0 Å². The van der Waals surface area contributed by atoms with Gasteiger partial charge >= 0.3 is 6.09 Å². The van der Waals surface area contributed by atoms with Crippen LogP contribution < -0.4 is 10.6 Å². The average Bonchev–Trinajstić information content (AvgIpc) is 3.87. The van der Waals surface area contributed by atoms with Crippen LogP contribution in [0.3, 0.4) is 0 Å². The van der Waals surface area contributed by atoms with E-state index in [1.54, 1.807) is 11.1 Å². The van der Waals surface area contributed by atoms with E-state index in [1.165, 1.54) is 17.1 Å². The molecule has 0 spiro atoms. The van der Waals surface area contributed by atoms with Crippen LogP contribution >= 0.6 is 0 Å². The average molecular weight is 763 g/mol. The van der Waals surface area contributed by atoms with Gasteiger partial charge in [0.05, 0.1) is 17.8 Å². The molecular formula is C40H45F3N6O6. The topological polar surface area (TPSA) is 135 Å². The lowest BCUT2D eigenvalue weighted by atomic mass is 9.84. The molecular weight excluding hydrogens is 717 g/mol. The number of imidazole rings is 1. The molecule has 0 aliphatic carbocycles. The maximum atomic E-state index is 15.6. The van der Waals surface area contributed by atoms with E-state index in [0.717, 1.165) is 36.6 Å². The molecule has 12 nitrogen and oxygen atoms in total. The monoisotopic (exact) mass is 762 g/mol. The number of benzene rings is 2. The maximum Gasteiger partial charge on any atom is 0.407 e. The lowest BCUT2D eigenvalue weighted by Crippen LogP contribution is -2.62. The number of amides is 4. The van der Waals surface area contributed by atoms with E-state index in [1.807, 2.05) is 34.9 Å². The molecule has 5 heterocycles. The Morgan fingerprint density at radius 2 is 1.75 bits per heavy atom. The van der Waals surface area contributed by atoms with Crippen molar-refractivity contribution in [3.8, 4) is 11.3 Å². The molecule has 3 fully saturated rings. The van der Waals surface area contributed by atoms with Crippen molar-refractivity contribution in [1.82, 2.24) is 30.0 Å². The molecule has 2 aromatic carbocycles. The Hall–Kier alpha value is -5.02. The van der Waals surface area contributed by atoms with Crippen molar-refractivity contribution in [2.24, 2.45) is 11.8 Å². The van der Waals surface area contributed by atoms with Crippen molar-refractivity contribution in [3.63, 3.8) is 0 Å². The Labute approximate surface area is 317 Å². The second kappa shape index (κ2) is 17.2. The Bertz CT molecular complexity index is 1880. The fraction of sp³-hybridized carbons (Fsp3) is 0.475. The SMILES string of the molecule is O=C(NCCCCCCN1C(=O)C=CC1=O)O[C@@H]1C(=O)N([C@@H](c2nc(-c3cc(F)ccc3F)cn2Cc2ccccc2)C2CCOCC2)C[C@H]2C(F)CNC21. The quantitative estimate of drug-likeness (QED) is 0.179. The summed E-state index contributed by atoms with van der Waals surface area (Å²) in [6.07, 6.45) is 4.53. The Balaban J connectivity index is 1.11. The van der Waals surface area contributed by atoms with Crippen LogP contribution in [-0.2, 0) is 30.4 Å². The van der Waals surface area contributed by atoms with Crippen molar-refractivity contribution >= 4 is 23.8 Å². The molecule has 2 unspecified atom stereocenters. The summed E-state index contributed by atoms with van der Waals surface area (Å²) in [5, 5.41) is 5.79. The lowest BCUT2D eigenvalue weighted by Gasteiger charge is -2.45. The molecule has 0 saturated carbocycles. The first-order valence-electron chi connectivity index (χ1n) is 19.0. The largest absolute Gasteiger partial charge is 0.434 e. The number of rotatable bonds is 14. The fourth-order valence-corrected chi connectivity index (χ4v) is 8.12. The number of unbranched alkanes of at least 4 members (excludes halogenated alkanes) is 3. The number of alkyl carbamates (subject to hydrolysis) is 1. The van der Waals surface area contributed by atoms with Crippen LogP contribution in [0.5, 0.6) is 0 Å². The van der Waals surface area contributed by atoms with E-state index in [0.29, 0.717) is 57.8 Å². The van der Waals surface area contributed by atoms with Gasteiger partial charge in [-0.05, 0) is 55.4 Å². The van der Waals surface area contributed by atoms with Gasteiger partial charge in [0.1, 0.15) is 23.6 Å². The minimum absolute atomic E-state index is 0.00379. The molecule has 0 bridgehead atoms. The third-order valence-corrected chi connectivity index (χ3v) is 11.0. The predicted molar refractivity (Wildman–Crippen MR) is 194 cm³/mol. The number of hydrogen-bond acceptors (Lipinski definition) is 8. The number of likely N-dealkylation sites (tertiary alicyclic amines) is 1. The highest BCUT2D eigenvalue weighted by atomic mass is 19.1. The summed E-state index contributed by atoms with van der Waals surface area (Å²) >= 11 is 0. The number of nitrogens with one attached hydrogen (secondary N) is 2. The highest BCUT2D eigenvalue weighted by Crippen LogP contribution is 2.41. The highest BCUT2D eigenvalue weighted by Gasteiger charge is 2.54. The van der Waals surface area contributed by atoms with Gasteiger partial charge in [0.15, 0.2) is 6.10 Å². The van der Waals surface area contributed by atoms with E-state index < -0.39 is 53.9 Å². The first-order valence-corrected chi connectivity index (χ1v) is 19.0. The van der Waals surface area contributed by atoms with Crippen molar-refractivity contribution in [2.45, 2.75) is 69.4 Å². The van der Waals surface area contributed by atoms with Gasteiger partial charge in [0, 0.05) is 75.8 Å². The smallest absolute Gasteiger partial charge is 0.407 e. The Kier molecular flexibility index (Phi) is 12.0. The van der Waals surface area contributed by atoms with E-state index in [-0.39, 0.29) is 48.6 Å². The molecule has 55 heavy (non-hydrogen) atoms. The normalized spacial score (nSPS) is 23.4. The minimum atomic E-state index is -1.33. The van der Waals surface area contributed by atoms with Crippen molar-refractivity contribution < 1.29 is 41.8 Å². The van der Waals surface area contributed by atoms with Crippen LogP contribution in [-0.4, -0.2) is 101 Å². The van der Waals surface area contributed by atoms with E-state index in [9.17, 15) is 23.6 Å². The Morgan fingerprint density at radius 1 is 1.00 bits per heavy atom. The number of carbonyl (C=O) groups excluding carboxylic acids is 4. The summed E-state index contributed by atoms with van der Waals surface area (Å²) in [7, 11) is 0. The number of ether oxygens (including phenoxy) is 2. The second-order valence-corrected chi connectivity index (χ2v) is 14.5. The minimum Gasteiger partial charge on any atom is -0.434 e. The van der Waals surface area contributed by atoms with E-state index >= 15 is 8.78 Å². The summed E-state index contributed by atoms with van der Waals surface area (Å²) in [6, 6.07) is 11.2. The molecule has 15 heteroatoms. The first kappa shape index (κ1) is 38.3. The number of alkyl halides is 1. The van der Waals surface area contributed by atoms with Gasteiger partial charge in [0.25, 0.3) is 17.7 Å². The molecule has 292 valence electrons. The summed E-state index contributed by atoms with van der Waals surface area (Å²) in [6.45, 7) is 1.80. The molecule has 4 amide bonds. The number of halogens is 3. The van der Waals surface area contributed by atoms with Gasteiger partial charge in [-0.2, -0.15) is 0 Å². The zero-order valence-corrected chi connectivity index (χ0v) is 30.4. The van der Waals surface area contributed by atoms with Crippen LogP contribution in [0.15, 0.2) is 66.9 Å². The van der Waals surface area contributed by atoms with Gasteiger partial charge in [-0.3, -0.25) is 19.3 Å². The number of piperidine rings is 1. The maximum absolute atomic E-state index is 15.6. The molecule has 1 aromatic heterocycles. The standard InChI is InChI=1S/C40H45F3N6O6/c41-27-10-11-30(42)28(20-27)32-24-47(22-25-8-4-3-5-9-25)38(46-32)36(26-14-18-54-19-15-26)49-23-29-31(43)21-45-35(29)37(39(49)52)55-40(53)44-16-6-1-2-7-17-48-33(50)12-13-34(48)51/h3-5,8-13,20,24,26,29,31,35-37,45H,1-2,6-7,14-19,21-23H2,(H,44,53)/t29-,31?,35?,36+,37-/m0/s1. The first-order chi connectivity index (χ1) is 26.7. The van der Waals surface area contributed by atoms with Gasteiger partial charge in [0.2, 0.25) is 0 Å². The predicted octanol–water partition coefficient (Wildman–Crippen LogP) is 4.69. The van der Waals surface area contributed by atoms with Crippen LogP contribution in [0.4, 0.5) is 18.0 Å².